The first-order valence-corrected chi connectivity index (χ1v) is 18.0. The fraction of sp³-hybridized carbons (Fsp3) is 0. The number of aromatic nitrogens is 3. The second-order valence-corrected chi connectivity index (χ2v) is 13.6. The number of nitrogens with zero attached hydrogens (tertiary/aromatic N) is 3. The normalized spacial score (nSPS) is 11.8. The summed E-state index contributed by atoms with van der Waals surface area (Å²) in [5, 5.41) is 4.65. The third-order valence-electron chi connectivity index (χ3n) is 10.6. The van der Waals surface area contributed by atoms with Crippen molar-refractivity contribution in [3.8, 4) is 45.0 Å². The molecule has 0 aliphatic carbocycles. The van der Waals surface area contributed by atoms with Crippen LogP contribution in [0, 0.1) is 0 Å². The van der Waals surface area contributed by atoms with Crippen LogP contribution in [0.15, 0.2) is 192 Å². The molecule has 0 bridgehead atoms. The van der Waals surface area contributed by atoms with E-state index in [0.29, 0.717) is 0 Å². The summed E-state index contributed by atoms with van der Waals surface area (Å²) in [4.78, 5) is 5.06. The summed E-state index contributed by atoms with van der Waals surface area (Å²) in [6.45, 7) is 0. The third-order valence-corrected chi connectivity index (χ3v) is 10.6. The van der Waals surface area contributed by atoms with Crippen molar-refractivity contribution in [2.75, 3.05) is 0 Å². The van der Waals surface area contributed by atoms with Crippen molar-refractivity contribution in [2.24, 2.45) is 0 Å². The van der Waals surface area contributed by atoms with E-state index in [1.54, 1.807) is 0 Å². The lowest BCUT2D eigenvalue weighted by atomic mass is 10.0. The maximum Gasteiger partial charge on any atom is 0.159 e. The van der Waals surface area contributed by atoms with Crippen LogP contribution < -0.4 is 0 Å². The van der Waals surface area contributed by atoms with Crippen molar-refractivity contribution >= 4 is 54.8 Å². The van der Waals surface area contributed by atoms with Gasteiger partial charge in [0.15, 0.2) is 5.58 Å². The van der Waals surface area contributed by atoms with Crippen LogP contribution in [0.4, 0.5) is 0 Å². The van der Waals surface area contributed by atoms with E-state index in [4.69, 9.17) is 9.40 Å². The summed E-state index contributed by atoms with van der Waals surface area (Å²) >= 11 is 0. The van der Waals surface area contributed by atoms with Gasteiger partial charge in [0.05, 0.1) is 27.8 Å². The monoisotopic (exact) mass is 677 g/mol. The van der Waals surface area contributed by atoms with Gasteiger partial charge in [0, 0.05) is 32.8 Å². The molecule has 4 heteroatoms. The zero-order chi connectivity index (χ0) is 34.9. The zero-order valence-corrected chi connectivity index (χ0v) is 28.6. The van der Waals surface area contributed by atoms with E-state index in [1.165, 1.54) is 21.9 Å². The minimum absolute atomic E-state index is 0.866. The first-order chi connectivity index (χ1) is 26.3. The Morgan fingerprint density at radius 1 is 0.377 bits per heavy atom. The summed E-state index contributed by atoms with van der Waals surface area (Å²) in [6.07, 6.45) is 0. The van der Waals surface area contributed by atoms with Crippen LogP contribution >= 0.6 is 0 Å². The van der Waals surface area contributed by atoms with Crippen molar-refractivity contribution < 1.29 is 4.42 Å². The van der Waals surface area contributed by atoms with Crippen molar-refractivity contribution in [1.29, 1.82) is 0 Å². The second kappa shape index (κ2) is 11.7. The minimum Gasteiger partial charge on any atom is -0.454 e. The molecule has 4 nitrogen and oxygen atoms in total. The number of benzene rings is 8. The van der Waals surface area contributed by atoms with E-state index in [-0.39, 0.29) is 0 Å². The SMILES string of the molecule is c1ccc(-c2ccc3c4ccccc4n(-c4cccc5c4oc4cc(-c6ccc(-c7nc8ccccc8n7-c7ccccc7)cc6)ccc45)c3c2)cc1. The van der Waals surface area contributed by atoms with Crippen LogP contribution in [0.3, 0.4) is 0 Å². The average molecular weight is 678 g/mol. The largest absolute Gasteiger partial charge is 0.454 e. The quantitative estimate of drug-likeness (QED) is 0.182. The fourth-order valence-electron chi connectivity index (χ4n) is 8.05. The Hall–Kier alpha value is -7.17. The maximum absolute atomic E-state index is 6.84. The van der Waals surface area contributed by atoms with Crippen molar-refractivity contribution in [3.63, 3.8) is 0 Å². The van der Waals surface area contributed by atoms with Crippen LogP contribution in [0.1, 0.15) is 0 Å². The molecule has 3 heterocycles. The number of imidazole rings is 1. The molecule has 11 rings (SSSR count). The Morgan fingerprint density at radius 2 is 0.981 bits per heavy atom. The maximum atomic E-state index is 6.84. The molecule has 0 spiro atoms. The van der Waals surface area contributed by atoms with Gasteiger partial charge < -0.3 is 8.98 Å². The lowest BCUT2D eigenvalue weighted by molar-refractivity contribution is 0.666. The molecular formula is C49H31N3O. The third kappa shape index (κ3) is 4.66. The smallest absolute Gasteiger partial charge is 0.159 e. The minimum atomic E-state index is 0.866. The van der Waals surface area contributed by atoms with E-state index < -0.39 is 0 Å². The molecule has 53 heavy (non-hydrogen) atoms. The summed E-state index contributed by atoms with van der Waals surface area (Å²) in [7, 11) is 0. The second-order valence-electron chi connectivity index (χ2n) is 13.6. The Kier molecular flexibility index (Phi) is 6.52. The van der Waals surface area contributed by atoms with Gasteiger partial charge in [0.1, 0.15) is 11.4 Å². The summed E-state index contributed by atoms with van der Waals surface area (Å²) in [5.74, 6) is 0.921. The molecule has 11 aromatic rings. The molecule has 0 fully saturated rings. The Labute approximate surface area is 305 Å². The van der Waals surface area contributed by atoms with E-state index in [2.05, 4.69) is 185 Å². The zero-order valence-electron chi connectivity index (χ0n) is 28.6. The van der Waals surface area contributed by atoms with Crippen LogP contribution in [0.5, 0.6) is 0 Å². The highest BCUT2D eigenvalue weighted by Gasteiger charge is 2.19. The van der Waals surface area contributed by atoms with E-state index in [9.17, 15) is 0 Å². The van der Waals surface area contributed by atoms with Gasteiger partial charge in [-0.2, -0.15) is 0 Å². The number of hydrogen-bond acceptors (Lipinski definition) is 2. The molecule has 0 aliphatic heterocycles. The number of hydrogen-bond donors (Lipinski definition) is 0. The molecule has 0 amide bonds. The Morgan fingerprint density at radius 3 is 1.81 bits per heavy atom. The Bertz CT molecular complexity index is 3150. The molecule has 0 aliphatic rings. The highest BCUT2D eigenvalue weighted by atomic mass is 16.3. The van der Waals surface area contributed by atoms with E-state index in [1.807, 2.05) is 12.1 Å². The molecule has 8 aromatic carbocycles. The van der Waals surface area contributed by atoms with Crippen LogP contribution in [-0.2, 0) is 0 Å². The molecule has 248 valence electrons. The molecule has 0 unspecified atom stereocenters. The van der Waals surface area contributed by atoms with Crippen molar-refractivity contribution in [2.45, 2.75) is 0 Å². The van der Waals surface area contributed by atoms with Gasteiger partial charge in [-0.3, -0.25) is 4.57 Å². The number of para-hydroxylation sites is 5. The first kappa shape index (κ1) is 29.5. The molecule has 0 radical (unpaired) electrons. The highest BCUT2D eigenvalue weighted by molar-refractivity contribution is 6.13. The fourth-order valence-corrected chi connectivity index (χ4v) is 8.05. The van der Waals surface area contributed by atoms with Gasteiger partial charge in [0.25, 0.3) is 0 Å². The molecule has 0 atom stereocenters. The molecule has 3 aromatic heterocycles. The Balaban J connectivity index is 1.03. The van der Waals surface area contributed by atoms with Crippen LogP contribution in [0.25, 0.3) is 99.8 Å². The van der Waals surface area contributed by atoms with E-state index >= 15 is 0 Å². The van der Waals surface area contributed by atoms with Crippen molar-refractivity contribution in [1.82, 2.24) is 14.1 Å². The first-order valence-electron chi connectivity index (χ1n) is 18.0. The van der Waals surface area contributed by atoms with E-state index in [0.717, 1.165) is 77.9 Å². The van der Waals surface area contributed by atoms with Gasteiger partial charge in [0.2, 0.25) is 0 Å². The van der Waals surface area contributed by atoms with Gasteiger partial charge in [-0.1, -0.05) is 133 Å². The summed E-state index contributed by atoms with van der Waals surface area (Å²) < 4.78 is 11.4. The van der Waals surface area contributed by atoms with Gasteiger partial charge >= 0.3 is 0 Å². The predicted molar refractivity (Wildman–Crippen MR) is 219 cm³/mol. The highest BCUT2D eigenvalue weighted by Crippen LogP contribution is 2.40. The molecule has 0 N–H and O–H groups in total. The van der Waals surface area contributed by atoms with Gasteiger partial charge in [-0.05, 0) is 76.9 Å². The topological polar surface area (TPSA) is 35.9 Å². The lowest BCUT2D eigenvalue weighted by Crippen LogP contribution is -1.97. The number of fused-ring (bicyclic) bond motifs is 7. The van der Waals surface area contributed by atoms with Gasteiger partial charge in [-0.15, -0.1) is 0 Å². The molecule has 0 saturated heterocycles. The number of rotatable bonds is 5. The van der Waals surface area contributed by atoms with Crippen LogP contribution in [0.2, 0.25) is 0 Å². The summed E-state index contributed by atoms with van der Waals surface area (Å²) in [5.41, 5.74) is 13.9. The standard InChI is InChI=1S/C49H31N3O/c1-3-12-32(13-4-1)35-26-28-39-38-16-7-9-19-43(38)52(46(39)30-35)45-21-11-17-41-40-29-27-36(31-47(40)53-48(41)45)33-22-24-34(25-23-33)49-50-42-18-8-10-20-44(42)51(49)37-14-5-2-6-15-37/h1-31H. The molecular weight excluding hydrogens is 647 g/mol. The average Bonchev–Trinajstić information content (AvgIpc) is 3.91. The van der Waals surface area contributed by atoms with Gasteiger partial charge in [-0.25, -0.2) is 4.98 Å². The number of furan rings is 1. The van der Waals surface area contributed by atoms with Crippen molar-refractivity contribution in [3.05, 3.63) is 188 Å². The van der Waals surface area contributed by atoms with Crippen LogP contribution in [-0.4, -0.2) is 14.1 Å². The summed E-state index contributed by atoms with van der Waals surface area (Å²) in [6, 6.07) is 66.5. The predicted octanol–water partition coefficient (Wildman–Crippen LogP) is 13.0. The lowest BCUT2D eigenvalue weighted by Gasteiger charge is -2.10. The molecule has 0 saturated carbocycles.